The fourth-order valence-corrected chi connectivity index (χ4v) is 1.98. The molecule has 0 aliphatic rings. The van der Waals surface area contributed by atoms with Gasteiger partial charge in [0, 0.05) is 6.07 Å². The standard InChI is InChI=1S/C12H10N4O2/c1-6-3-2-4-7-10(6)14-9-5-8(11(13)17)15-16(9)12(7)18/h2-5,15H,1H3,(H2,13,17). The molecular weight excluding hydrogens is 232 g/mol. The largest absolute Gasteiger partial charge is 0.364 e. The van der Waals surface area contributed by atoms with Crippen LogP contribution >= 0.6 is 0 Å². The molecule has 3 aromatic rings. The minimum Gasteiger partial charge on any atom is -0.364 e. The molecule has 18 heavy (non-hydrogen) atoms. The number of hydrogen-bond acceptors (Lipinski definition) is 3. The zero-order valence-electron chi connectivity index (χ0n) is 9.60. The summed E-state index contributed by atoms with van der Waals surface area (Å²) in [6, 6.07) is 6.85. The lowest BCUT2D eigenvalue weighted by Gasteiger charge is -2.00. The van der Waals surface area contributed by atoms with Crippen LogP contribution in [0.2, 0.25) is 0 Å². The van der Waals surface area contributed by atoms with Gasteiger partial charge < -0.3 is 5.73 Å². The average molecular weight is 242 g/mol. The molecule has 1 amide bonds. The molecule has 3 rings (SSSR count). The molecule has 0 spiro atoms. The van der Waals surface area contributed by atoms with Crippen LogP contribution < -0.4 is 11.3 Å². The molecule has 0 saturated heterocycles. The van der Waals surface area contributed by atoms with Crippen LogP contribution in [0.5, 0.6) is 0 Å². The summed E-state index contributed by atoms with van der Waals surface area (Å²) in [4.78, 5) is 27.7. The number of nitrogens with zero attached hydrogens (tertiary/aromatic N) is 2. The number of rotatable bonds is 1. The number of carbonyl (C=O) groups excluding carboxylic acids is 1. The average Bonchev–Trinajstić information content (AvgIpc) is 2.75. The normalized spacial score (nSPS) is 11.2. The van der Waals surface area contributed by atoms with Crippen molar-refractivity contribution in [3.05, 3.63) is 45.9 Å². The number of para-hydroxylation sites is 1. The maximum absolute atomic E-state index is 12.2. The second kappa shape index (κ2) is 3.43. The summed E-state index contributed by atoms with van der Waals surface area (Å²) in [6.45, 7) is 1.88. The molecule has 3 N–H and O–H groups in total. The van der Waals surface area contributed by atoms with E-state index in [1.54, 1.807) is 12.1 Å². The van der Waals surface area contributed by atoms with Gasteiger partial charge in [-0.1, -0.05) is 12.1 Å². The molecule has 0 radical (unpaired) electrons. The molecule has 0 aliphatic carbocycles. The van der Waals surface area contributed by atoms with Crippen molar-refractivity contribution in [2.45, 2.75) is 6.92 Å². The Balaban J connectivity index is 2.53. The quantitative estimate of drug-likeness (QED) is 0.653. The molecule has 0 fully saturated rings. The number of hydrogen-bond donors (Lipinski definition) is 2. The van der Waals surface area contributed by atoms with Crippen LogP contribution in [0.1, 0.15) is 16.1 Å². The highest BCUT2D eigenvalue weighted by atomic mass is 16.1. The third-order valence-electron chi connectivity index (χ3n) is 2.90. The Morgan fingerprint density at radius 1 is 1.44 bits per heavy atom. The SMILES string of the molecule is Cc1cccc2c(=O)n3[nH]c(C(N)=O)cc3nc12. The van der Waals surface area contributed by atoms with Crippen molar-refractivity contribution >= 4 is 22.5 Å². The van der Waals surface area contributed by atoms with Gasteiger partial charge in [-0.2, -0.15) is 0 Å². The van der Waals surface area contributed by atoms with Crippen LogP contribution in [0.15, 0.2) is 29.1 Å². The molecule has 0 saturated carbocycles. The van der Waals surface area contributed by atoms with Gasteiger partial charge in [0.1, 0.15) is 5.69 Å². The lowest BCUT2D eigenvalue weighted by atomic mass is 10.1. The van der Waals surface area contributed by atoms with Crippen molar-refractivity contribution in [3.8, 4) is 0 Å². The summed E-state index contributed by atoms with van der Waals surface area (Å²) < 4.78 is 1.22. The first kappa shape index (κ1) is 10.5. The second-order valence-electron chi connectivity index (χ2n) is 4.12. The Morgan fingerprint density at radius 2 is 2.22 bits per heavy atom. The van der Waals surface area contributed by atoms with E-state index < -0.39 is 5.91 Å². The Bertz CT molecular complexity index is 844. The van der Waals surface area contributed by atoms with Crippen molar-refractivity contribution in [2.24, 2.45) is 5.73 Å². The number of nitrogens with two attached hydrogens (primary N) is 1. The first-order chi connectivity index (χ1) is 8.58. The smallest absolute Gasteiger partial charge is 0.280 e. The number of aryl methyl sites for hydroxylation is 1. The molecular formula is C12H10N4O2. The number of amides is 1. The molecule has 0 unspecified atom stereocenters. The molecule has 1 aromatic carbocycles. The van der Waals surface area contributed by atoms with E-state index in [9.17, 15) is 9.59 Å². The van der Waals surface area contributed by atoms with Gasteiger partial charge in [0.25, 0.3) is 11.5 Å². The van der Waals surface area contributed by atoms with Crippen LogP contribution in [-0.4, -0.2) is 20.5 Å². The van der Waals surface area contributed by atoms with E-state index in [0.29, 0.717) is 16.6 Å². The van der Waals surface area contributed by atoms with Crippen molar-refractivity contribution in [3.63, 3.8) is 0 Å². The van der Waals surface area contributed by atoms with Gasteiger partial charge in [-0.15, -0.1) is 0 Å². The van der Waals surface area contributed by atoms with Gasteiger partial charge >= 0.3 is 0 Å². The Morgan fingerprint density at radius 3 is 2.94 bits per heavy atom. The highest BCUT2D eigenvalue weighted by molar-refractivity contribution is 5.92. The van der Waals surface area contributed by atoms with E-state index in [1.165, 1.54) is 10.6 Å². The zero-order valence-corrected chi connectivity index (χ0v) is 9.60. The molecule has 6 heteroatoms. The maximum atomic E-state index is 12.2. The van der Waals surface area contributed by atoms with Crippen LogP contribution in [0.3, 0.4) is 0 Å². The van der Waals surface area contributed by atoms with E-state index in [4.69, 9.17) is 5.73 Å². The molecule has 2 heterocycles. The van der Waals surface area contributed by atoms with E-state index >= 15 is 0 Å². The van der Waals surface area contributed by atoms with Gasteiger partial charge in [-0.05, 0) is 18.6 Å². The summed E-state index contributed by atoms with van der Waals surface area (Å²) >= 11 is 0. The molecule has 0 atom stereocenters. The van der Waals surface area contributed by atoms with Crippen LogP contribution in [-0.2, 0) is 0 Å². The highest BCUT2D eigenvalue weighted by Crippen LogP contribution is 2.14. The summed E-state index contributed by atoms with van der Waals surface area (Å²) in [6.07, 6.45) is 0. The van der Waals surface area contributed by atoms with Crippen LogP contribution in [0.4, 0.5) is 0 Å². The van der Waals surface area contributed by atoms with Gasteiger partial charge in [-0.25, -0.2) is 9.50 Å². The number of carbonyl (C=O) groups is 1. The van der Waals surface area contributed by atoms with Crippen LogP contribution in [0.25, 0.3) is 16.6 Å². The lowest BCUT2D eigenvalue weighted by molar-refractivity contribution is 0.0995. The van der Waals surface area contributed by atoms with Gasteiger partial charge in [-0.3, -0.25) is 14.7 Å². The molecule has 90 valence electrons. The molecule has 6 nitrogen and oxygen atoms in total. The van der Waals surface area contributed by atoms with E-state index in [2.05, 4.69) is 10.1 Å². The first-order valence-corrected chi connectivity index (χ1v) is 5.39. The second-order valence-corrected chi connectivity index (χ2v) is 4.12. The maximum Gasteiger partial charge on any atom is 0.280 e. The number of fused-ring (bicyclic) bond motifs is 2. The van der Waals surface area contributed by atoms with Gasteiger partial charge in [0.05, 0.1) is 10.9 Å². The van der Waals surface area contributed by atoms with Crippen molar-refractivity contribution in [1.29, 1.82) is 0 Å². The predicted molar refractivity (Wildman–Crippen MR) is 66.6 cm³/mol. The summed E-state index contributed by atoms with van der Waals surface area (Å²) in [5.74, 6) is -0.624. The predicted octanol–water partition coefficient (Wildman–Crippen LogP) is 0.583. The first-order valence-electron chi connectivity index (χ1n) is 5.39. The lowest BCUT2D eigenvalue weighted by Crippen LogP contribution is -2.17. The van der Waals surface area contributed by atoms with Gasteiger partial charge in [0.15, 0.2) is 5.65 Å². The van der Waals surface area contributed by atoms with Crippen molar-refractivity contribution in [2.75, 3.05) is 0 Å². The monoisotopic (exact) mass is 242 g/mol. The number of primary amides is 1. The number of aromatic amines is 1. The number of aromatic nitrogens is 3. The van der Waals surface area contributed by atoms with E-state index in [1.807, 2.05) is 13.0 Å². The van der Waals surface area contributed by atoms with Crippen molar-refractivity contribution < 1.29 is 4.79 Å². The Labute approximate surface area is 101 Å². The van der Waals surface area contributed by atoms with E-state index in [-0.39, 0.29) is 11.3 Å². The fourth-order valence-electron chi connectivity index (χ4n) is 1.98. The summed E-state index contributed by atoms with van der Waals surface area (Å²) in [7, 11) is 0. The summed E-state index contributed by atoms with van der Waals surface area (Å²) in [5.41, 5.74) is 7.02. The molecule has 0 bridgehead atoms. The number of nitrogens with one attached hydrogen (secondary N) is 1. The van der Waals surface area contributed by atoms with E-state index in [0.717, 1.165) is 5.56 Å². The van der Waals surface area contributed by atoms with Gasteiger partial charge in [0.2, 0.25) is 0 Å². The zero-order chi connectivity index (χ0) is 12.9. The number of H-pyrrole nitrogens is 1. The fraction of sp³-hybridized carbons (Fsp3) is 0.0833. The molecule has 0 aliphatic heterocycles. The van der Waals surface area contributed by atoms with Crippen LogP contribution in [0, 0.1) is 6.92 Å². The third kappa shape index (κ3) is 1.32. The Kier molecular flexibility index (Phi) is 2.00. The minimum absolute atomic E-state index is 0.160. The molecule has 2 aromatic heterocycles. The summed E-state index contributed by atoms with van der Waals surface area (Å²) in [5, 5.41) is 3.15. The number of benzene rings is 1. The third-order valence-corrected chi connectivity index (χ3v) is 2.90. The van der Waals surface area contributed by atoms with Crippen molar-refractivity contribution in [1.82, 2.24) is 14.6 Å². The highest BCUT2D eigenvalue weighted by Gasteiger charge is 2.11. The topological polar surface area (TPSA) is 93.2 Å². The minimum atomic E-state index is -0.624. The Hall–Kier alpha value is -2.63.